The second kappa shape index (κ2) is 8.28. The van der Waals surface area contributed by atoms with Gasteiger partial charge in [-0.25, -0.2) is 9.03 Å². The van der Waals surface area contributed by atoms with Crippen molar-refractivity contribution < 1.29 is 0 Å². The van der Waals surface area contributed by atoms with Crippen LogP contribution in [0.15, 0.2) is 116 Å². The molecule has 150 valence electrons. The number of aromatic nitrogens is 4. The van der Waals surface area contributed by atoms with E-state index in [-0.39, 0.29) is 0 Å². The quantitative estimate of drug-likeness (QED) is 0.340. The molecule has 0 N–H and O–H groups in total. The minimum absolute atomic E-state index is 1.12. The number of pyridine rings is 2. The van der Waals surface area contributed by atoms with E-state index in [4.69, 9.17) is 0 Å². The van der Waals surface area contributed by atoms with Crippen LogP contribution in [0.25, 0.3) is 33.3 Å². The molecule has 4 heterocycles. The van der Waals surface area contributed by atoms with Crippen molar-refractivity contribution in [1.29, 1.82) is 0 Å². The third-order valence-corrected chi connectivity index (χ3v) is 5.33. The summed E-state index contributed by atoms with van der Waals surface area (Å²) in [7, 11) is 0. The summed E-state index contributed by atoms with van der Waals surface area (Å²) in [4.78, 5) is 0. The summed E-state index contributed by atoms with van der Waals surface area (Å²) in [6.45, 7) is 2.08. The van der Waals surface area contributed by atoms with Gasteiger partial charge in [0.05, 0.1) is 17.2 Å². The number of fused-ring (bicyclic) bond motifs is 2. The van der Waals surface area contributed by atoms with Gasteiger partial charge in [0, 0.05) is 18.6 Å². The lowest BCUT2D eigenvalue weighted by molar-refractivity contribution is 0.962. The highest BCUT2D eigenvalue weighted by atomic mass is 15.2. The Bertz CT molecular complexity index is 1430. The average Bonchev–Trinajstić information content (AvgIpc) is 3.46. The first-order valence-electron chi connectivity index (χ1n) is 10.3. The van der Waals surface area contributed by atoms with Crippen LogP contribution in [0, 0.1) is 6.92 Å². The van der Waals surface area contributed by atoms with Crippen molar-refractivity contribution in [2.24, 2.45) is 0 Å². The molecular weight excluding hydrogens is 380 g/mol. The van der Waals surface area contributed by atoms with Crippen LogP contribution in [0.1, 0.15) is 5.56 Å². The zero-order valence-electron chi connectivity index (χ0n) is 17.3. The molecule has 4 heteroatoms. The van der Waals surface area contributed by atoms with E-state index in [1.165, 1.54) is 33.3 Å². The zero-order valence-corrected chi connectivity index (χ0v) is 17.3. The highest BCUT2D eigenvalue weighted by Gasteiger charge is 2.02. The molecule has 0 bridgehead atoms. The Balaban J connectivity index is 0.000000132. The topological polar surface area (TPSA) is 34.6 Å². The van der Waals surface area contributed by atoms with Crippen molar-refractivity contribution in [1.82, 2.24) is 19.2 Å². The summed E-state index contributed by atoms with van der Waals surface area (Å²) >= 11 is 0. The highest BCUT2D eigenvalue weighted by Crippen LogP contribution is 2.22. The Labute approximate surface area is 181 Å². The lowest BCUT2D eigenvalue weighted by atomic mass is 10.1. The number of aryl methyl sites for hydroxylation is 1. The molecule has 31 heavy (non-hydrogen) atoms. The van der Waals surface area contributed by atoms with Crippen molar-refractivity contribution >= 4 is 11.0 Å². The Kier molecular flexibility index (Phi) is 5.03. The van der Waals surface area contributed by atoms with E-state index in [0.717, 1.165) is 5.52 Å². The monoisotopic (exact) mass is 402 g/mol. The molecule has 4 nitrogen and oxygen atoms in total. The van der Waals surface area contributed by atoms with E-state index >= 15 is 0 Å². The number of rotatable bonds is 2. The lowest BCUT2D eigenvalue weighted by Gasteiger charge is -2.02. The van der Waals surface area contributed by atoms with Crippen molar-refractivity contribution in [3.63, 3.8) is 0 Å². The van der Waals surface area contributed by atoms with Crippen LogP contribution < -0.4 is 0 Å². The molecule has 0 aliphatic rings. The molecule has 4 aromatic heterocycles. The van der Waals surface area contributed by atoms with E-state index < -0.39 is 0 Å². The van der Waals surface area contributed by atoms with Crippen molar-refractivity contribution in [3.05, 3.63) is 121 Å². The number of hydrogen-bond donors (Lipinski definition) is 0. The van der Waals surface area contributed by atoms with Crippen LogP contribution in [0.3, 0.4) is 0 Å². The van der Waals surface area contributed by atoms with Crippen molar-refractivity contribution in [2.75, 3.05) is 0 Å². The van der Waals surface area contributed by atoms with Gasteiger partial charge in [-0.15, -0.1) is 0 Å². The molecule has 0 amide bonds. The van der Waals surface area contributed by atoms with Crippen LogP contribution in [0.4, 0.5) is 0 Å². The maximum atomic E-state index is 4.27. The molecule has 0 radical (unpaired) electrons. The molecule has 0 fully saturated rings. The van der Waals surface area contributed by atoms with Gasteiger partial charge < -0.3 is 0 Å². The smallest absolute Gasteiger partial charge is 0.0696 e. The van der Waals surface area contributed by atoms with Crippen molar-refractivity contribution in [3.8, 4) is 22.3 Å². The van der Waals surface area contributed by atoms with Gasteiger partial charge in [0.2, 0.25) is 0 Å². The Hall–Kier alpha value is -4.18. The zero-order chi connectivity index (χ0) is 21.0. The maximum Gasteiger partial charge on any atom is 0.0696 e. The molecule has 0 aliphatic heterocycles. The predicted octanol–water partition coefficient (Wildman–Crippen LogP) is 6.31. The van der Waals surface area contributed by atoms with E-state index in [2.05, 4.69) is 89.9 Å². The van der Waals surface area contributed by atoms with Crippen LogP contribution in [0.2, 0.25) is 0 Å². The summed E-state index contributed by atoms with van der Waals surface area (Å²) in [5.41, 5.74) is 8.43. The molecule has 2 aromatic carbocycles. The van der Waals surface area contributed by atoms with Crippen LogP contribution in [-0.2, 0) is 0 Å². The lowest BCUT2D eigenvalue weighted by Crippen LogP contribution is -1.87. The Morgan fingerprint density at radius 3 is 1.87 bits per heavy atom. The van der Waals surface area contributed by atoms with E-state index in [0.29, 0.717) is 0 Å². The van der Waals surface area contributed by atoms with Gasteiger partial charge in [0.25, 0.3) is 0 Å². The molecule has 0 saturated carbocycles. The predicted molar refractivity (Wildman–Crippen MR) is 126 cm³/mol. The number of benzene rings is 2. The summed E-state index contributed by atoms with van der Waals surface area (Å²) < 4.78 is 3.77. The van der Waals surface area contributed by atoms with Gasteiger partial charge in [-0.1, -0.05) is 60.7 Å². The molecule has 0 unspecified atom stereocenters. The molecule has 0 saturated heterocycles. The fraction of sp³-hybridized carbons (Fsp3) is 0.0370. The first-order valence-corrected chi connectivity index (χ1v) is 10.3. The third kappa shape index (κ3) is 3.96. The molecular formula is C27H22N4. The van der Waals surface area contributed by atoms with Crippen LogP contribution >= 0.6 is 0 Å². The fourth-order valence-electron chi connectivity index (χ4n) is 3.64. The molecule has 6 aromatic rings. The van der Waals surface area contributed by atoms with E-state index in [9.17, 15) is 0 Å². The van der Waals surface area contributed by atoms with Crippen LogP contribution in [0.5, 0.6) is 0 Å². The Morgan fingerprint density at radius 1 is 0.581 bits per heavy atom. The second-order valence-corrected chi connectivity index (χ2v) is 7.42. The minimum atomic E-state index is 1.12. The van der Waals surface area contributed by atoms with Gasteiger partial charge in [-0.05, 0) is 65.1 Å². The normalized spacial score (nSPS) is 10.7. The second-order valence-electron chi connectivity index (χ2n) is 7.42. The van der Waals surface area contributed by atoms with E-state index in [1.807, 2.05) is 52.0 Å². The average molecular weight is 403 g/mol. The summed E-state index contributed by atoms with van der Waals surface area (Å²) in [5.74, 6) is 0. The SMILES string of the molecule is Cc1cnn2ccc(-c3ccccc3)cc12.c1ccc(-c2ccn3nccc3c2)cc1. The van der Waals surface area contributed by atoms with Gasteiger partial charge in [0.15, 0.2) is 0 Å². The standard InChI is InChI=1S/C14H12N2.C13H10N2/c1-11-10-15-16-8-7-13(9-14(11)16)12-5-3-2-4-6-12;1-2-4-11(5-3-1)12-7-9-15-13(10-12)6-8-14-15/h2-10H,1H3;1-10H. The maximum absolute atomic E-state index is 4.27. The molecule has 0 atom stereocenters. The first kappa shape index (κ1) is 18.8. The molecule has 0 aliphatic carbocycles. The summed E-state index contributed by atoms with van der Waals surface area (Å²) in [6.07, 6.45) is 7.69. The Morgan fingerprint density at radius 2 is 1.19 bits per heavy atom. The van der Waals surface area contributed by atoms with Gasteiger partial charge >= 0.3 is 0 Å². The first-order chi connectivity index (χ1) is 15.3. The van der Waals surface area contributed by atoms with Gasteiger partial charge in [-0.2, -0.15) is 10.2 Å². The highest BCUT2D eigenvalue weighted by molar-refractivity contribution is 5.70. The minimum Gasteiger partial charge on any atom is -0.241 e. The number of nitrogens with zero attached hydrogens (tertiary/aromatic N) is 4. The van der Waals surface area contributed by atoms with Gasteiger partial charge in [-0.3, -0.25) is 0 Å². The van der Waals surface area contributed by atoms with E-state index in [1.54, 1.807) is 0 Å². The summed E-state index contributed by atoms with van der Waals surface area (Å²) in [6, 6.07) is 31.3. The van der Waals surface area contributed by atoms with Crippen LogP contribution in [-0.4, -0.2) is 19.2 Å². The molecule has 6 rings (SSSR count). The van der Waals surface area contributed by atoms with Gasteiger partial charge in [0.1, 0.15) is 0 Å². The largest absolute Gasteiger partial charge is 0.241 e. The van der Waals surface area contributed by atoms with Crippen molar-refractivity contribution in [2.45, 2.75) is 6.92 Å². The third-order valence-electron chi connectivity index (χ3n) is 5.33. The summed E-state index contributed by atoms with van der Waals surface area (Å²) in [5, 5.41) is 8.44. The fourth-order valence-corrected chi connectivity index (χ4v) is 3.64. The number of hydrogen-bond acceptors (Lipinski definition) is 2. The molecule has 0 spiro atoms.